The van der Waals surface area contributed by atoms with Crippen LogP contribution in [0.15, 0.2) is 46.7 Å². The lowest BCUT2D eigenvalue weighted by molar-refractivity contribution is -0.0362. The Morgan fingerprint density at radius 1 is 1.18 bits per heavy atom. The predicted molar refractivity (Wildman–Crippen MR) is 126 cm³/mol. The van der Waals surface area contributed by atoms with Gasteiger partial charge >= 0.3 is 0 Å². The average Bonchev–Trinajstić information content (AvgIpc) is 3.30. The first-order chi connectivity index (χ1) is 16.8. The molecule has 3 aromatic rings. The molecule has 3 fully saturated rings. The first-order valence-electron chi connectivity index (χ1n) is 11.7. The number of sulfonamides is 1. The molecule has 4 N–H and O–H groups in total. The van der Waals surface area contributed by atoms with E-state index in [1.165, 1.54) is 36.2 Å². The number of aliphatic hydroxyl groups is 1. The van der Waals surface area contributed by atoms with Gasteiger partial charge in [-0.25, -0.2) is 33.1 Å². The van der Waals surface area contributed by atoms with Gasteiger partial charge in [0, 0.05) is 21.4 Å². The second-order valence-electron chi connectivity index (χ2n) is 8.59. The molecule has 33 heavy (non-hydrogen) atoms. The van der Waals surface area contributed by atoms with Crippen molar-refractivity contribution in [2.75, 3.05) is 12.0 Å². The highest BCUT2D eigenvalue weighted by atomic mass is 32.2. The van der Waals surface area contributed by atoms with Crippen molar-refractivity contribution in [2.45, 2.75) is 53.7 Å². The van der Waals surface area contributed by atoms with E-state index in [-0.39, 0.29) is 33.2 Å². The maximum Gasteiger partial charge on any atom is 0.241 e. The largest absolute Gasteiger partial charge is 0.390 e. The molecule has 0 radical (unpaired) electrons. The summed E-state index contributed by atoms with van der Waals surface area (Å²) in [5.41, 5.74) is 5.38. The van der Waals surface area contributed by atoms with E-state index in [1.54, 1.807) is 12.3 Å². The summed E-state index contributed by atoms with van der Waals surface area (Å²) in [6.45, 7) is -2.54. The van der Waals surface area contributed by atoms with Crippen molar-refractivity contribution >= 4 is 27.6 Å². The van der Waals surface area contributed by atoms with E-state index in [9.17, 15) is 13.5 Å². The first kappa shape index (κ1) is 18.8. The molecule has 172 valence electrons. The Hall–Kier alpha value is -2.60. The second-order valence-corrected chi connectivity index (χ2v) is 11.0. The molecular weight excluding hydrogens is 460 g/mol. The van der Waals surface area contributed by atoms with Crippen LogP contribution in [0.5, 0.6) is 0 Å². The fourth-order valence-electron chi connectivity index (χ4n) is 4.69. The summed E-state index contributed by atoms with van der Waals surface area (Å²) in [5, 5.41) is 10.7. The van der Waals surface area contributed by atoms with E-state index in [0.29, 0.717) is 36.5 Å². The van der Waals surface area contributed by atoms with Gasteiger partial charge in [0.15, 0.2) is 11.0 Å². The van der Waals surface area contributed by atoms with Crippen LogP contribution in [0.4, 0.5) is 5.82 Å². The average molecular weight is 488 g/mol. The van der Waals surface area contributed by atoms with Crippen molar-refractivity contribution in [3.05, 3.63) is 42.2 Å². The number of hydrogen-bond acceptors (Lipinski definition) is 9. The number of nitrogens with two attached hydrogens (primary N) is 1. The Morgan fingerprint density at radius 2 is 2.00 bits per heavy atom. The molecule has 2 heterocycles. The number of benzene rings is 1. The zero-order valence-corrected chi connectivity index (χ0v) is 19.4. The van der Waals surface area contributed by atoms with Crippen molar-refractivity contribution < 1.29 is 17.6 Å². The highest BCUT2D eigenvalue weighted by Gasteiger charge is 2.61. The van der Waals surface area contributed by atoms with Gasteiger partial charge < -0.3 is 10.8 Å². The zero-order chi connectivity index (χ0) is 25.9. The van der Waals surface area contributed by atoms with Gasteiger partial charge in [0.05, 0.1) is 28.1 Å². The molecule has 0 unspecified atom stereocenters. The normalized spacial score (nSPS) is 25.7. The van der Waals surface area contributed by atoms with E-state index >= 15 is 0 Å². The number of fused-ring (bicyclic) bond motifs is 1. The Bertz CT molecular complexity index is 1460. The molecule has 3 aliphatic rings. The molecule has 0 atom stereocenters. The summed E-state index contributed by atoms with van der Waals surface area (Å²) in [7, 11) is -4.00. The van der Waals surface area contributed by atoms with Crippen LogP contribution in [-0.2, 0) is 10.0 Å². The molecule has 0 aliphatic heterocycles. The summed E-state index contributed by atoms with van der Waals surface area (Å²) >= 11 is 1.34. The minimum atomic E-state index is -4.00. The van der Waals surface area contributed by atoms with Gasteiger partial charge in [0.1, 0.15) is 5.69 Å². The molecule has 9 nitrogen and oxygen atoms in total. The topological polar surface area (TPSA) is 144 Å². The van der Waals surface area contributed by atoms with Crippen LogP contribution in [0.3, 0.4) is 0 Å². The molecule has 2 aromatic heterocycles. The van der Waals surface area contributed by atoms with Crippen molar-refractivity contribution in [3.63, 3.8) is 0 Å². The summed E-state index contributed by atoms with van der Waals surface area (Å²) < 4.78 is 53.2. The van der Waals surface area contributed by atoms with Gasteiger partial charge in [-0.05, 0) is 62.6 Å². The lowest BCUT2D eigenvalue weighted by Gasteiger charge is -2.44. The Morgan fingerprint density at radius 3 is 2.70 bits per heavy atom. The van der Waals surface area contributed by atoms with E-state index < -0.39 is 28.0 Å². The van der Waals surface area contributed by atoms with Gasteiger partial charge in [0.2, 0.25) is 10.0 Å². The monoisotopic (exact) mass is 487 g/mol. The van der Waals surface area contributed by atoms with Crippen LogP contribution in [0, 0.1) is 6.85 Å². The summed E-state index contributed by atoms with van der Waals surface area (Å²) in [6, 6.07) is 5.44. The van der Waals surface area contributed by atoms with Crippen LogP contribution in [0.25, 0.3) is 22.6 Å². The first-order valence-corrected chi connectivity index (χ1v) is 13.0. The third kappa shape index (κ3) is 3.99. The van der Waals surface area contributed by atoms with E-state index in [1.807, 2.05) is 6.26 Å². The standard InChI is InChI=1S/C22H24N6O3S2/c1-13-3-4-14(33(30,31)28-21-6-7-22(29,11-21)12-21)9-15(13)17-10-25-19(23)18(26-17)16-5-8-24-20(27-16)32-2/h3-5,8-10,28-29H,6-7,11-12H2,1-2H3,(H2,23,25)/i1D3. The molecule has 3 saturated carbocycles. The van der Waals surface area contributed by atoms with E-state index in [2.05, 4.69) is 24.7 Å². The fourth-order valence-corrected chi connectivity index (χ4v) is 6.50. The molecule has 2 bridgehead atoms. The van der Waals surface area contributed by atoms with Crippen LogP contribution in [0.2, 0.25) is 0 Å². The quantitative estimate of drug-likeness (QED) is 0.353. The van der Waals surface area contributed by atoms with Crippen LogP contribution in [0.1, 0.15) is 35.4 Å². The van der Waals surface area contributed by atoms with Crippen molar-refractivity contribution in [1.29, 1.82) is 0 Å². The van der Waals surface area contributed by atoms with Crippen molar-refractivity contribution in [2.24, 2.45) is 0 Å². The highest BCUT2D eigenvalue weighted by molar-refractivity contribution is 7.98. The number of nitrogens with zero attached hydrogens (tertiary/aromatic N) is 4. The SMILES string of the molecule is [2H]C([2H])([2H])c1ccc(S(=O)(=O)NC23CCC(O)(C2)C3)cc1-c1cnc(N)c(-c2ccnc(SC)n2)n1. The summed E-state index contributed by atoms with van der Waals surface area (Å²) in [5.74, 6) is 0.0863. The number of aromatic nitrogens is 4. The second kappa shape index (κ2) is 7.73. The van der Waals surface area contributed by atoms with Crippen LogP contribution >= 0.6 is 11.8 Å². The summed E-state index contributed by atoms with van der Waals surface area (Å²) in [6.07, 6.45) is 6.51. The van der Waals surface area contributed by atoms with Gasteiger partial charge in [-0.3, -0.25) is 0 Å². The fraction of sp³-hybridized carbons (Fsp3) is 0.364. The molecule has 11 heteroatoms. The van der Waals surface area contributed by atoms with E-state index in [4.69, 9.17) is 9.85 Å². The lowest BCUT2D eigenvalue weighted by Crippen LogP contribution is -2.58. The third-order valence-corrected chi connectivity index (χ3v) is 8.33. The number of nitrogens with one attached hydrogen (secondary N) is 1. The zero-order valence-electron chi connectivity index (χ0n) is 20.7. The smallest absolute Gasteiger partial charge is 0.241 e. The Kier molecular flexibility index (Phi) is 4.40. The molecule has 0 amide bonds. The molecule has 3 aliphatic carbocycles. The number of aryl methyl sites for hydroxylation is 1. The van der Waals surface area contributed by atoms with Crippen LogP contribution in [-0.4, -0.2) is 50.9 Å². The number of anilines is 1. The third-order valence-electron chi connectivity index (χ3n) is 6.19. The number of thioether (sulfide) groups is 1. The highest BCUT2D eigenvalue weighted by Crippen LogP contribution is 2.55. The maximum atomic E-state index is 13.3. The number of nitrogen functional groups attached to an aromatic ring is 1. The molecule has 0 spiro atoms. The van der Waals surface area contributed by atoms with Gasteiger partial charge in [-0.15, -0.1) is 0 Å². The van der Waals surface area contributed by atoms with E-state index in [0.717, 1.165) is 0 Å². The molecule has 1 aromatic carbocycles. The molecular formula is C22H24N6O3S2. The van der Waals surface area contributed by atoms with Crippen molar-refractivity contribution in [1.82, 2.24) is 24.7 Å². The minimum absolute atomic E-state index is 0.0731. The van der Waals surface area contributed by atoms with Gasteiger partial charge in [-0.2, -0.15) is 0 Å². The predicted octanol–water partition coefficient (Wildman–Crippen LogP) is 2.55. The number of rotatable bonds is 6. The van der Waals surface area contributed by atoms with Gasteiger partial charge in [-0.1, -0.05) is 17.8 Å². The molecule has 0 saturated heterocycles. The maximum absolute atomic E-state index is 13.3. The van der Waals surface area contributed by atoms with Crippen molar-refractivity contribution in [3.8, 4) is 22.6 Å². The summed E-state index contributed by atoms with van der Waals surface area (Å²) in [4.78, 5) is 17.1. The Balaban J connectivity index is 1.59. The Labute approximate surface area is 200 Å². The molecule has 6 rings (SSSR count). The van der Waals surface area contributed by atoms with Gasteiger partial charge in [0.25, 0.3) is 0 Å². The van der Waals surface area contributed by atoms with Crippen LogP contribution < -0.4 is 10.5 Å². The minimum Gasteiger partial charge on any atom is -0.390 e. The lowest BCUT2D eigenvalue weighted by atomic mass is 9.74. The number of hydrogen-bond donors (Lipinski definition) is 3.